The SMILES string of the molecule is O=S(=O)(NC1CC2CCC1O2)c1ccc(CCCO)cc1. The normalized spacial score (nSPS) is 28.1. The third-order valence-electron chi connectivity index (χ3n) is 4.27. The van der Waals surface area contributed by atoms with Crippen LogP contribution in [0.2, 0.25) is 0 Å². The van der Waals surface area contributed by atoms with E-state index in [0.29, 0.717) is 6.42 Å². The highest BCUT2D eigenvalue weighted by Gasteiger charge is 2.42. The zero-order valence-corrected chi connectivity index (χ0v) is 12.7. The smallest absolute Gasteiger partial charge is 0.240 e. The molecule has 1 aromatic rings. The van der Waals surface area contributed by atoms with E-state index in [-0.39, 0.29) is 29.8 Å². The van der Waals surface area contributed by atoms with Gasteiger partial charge in [0, 0.05) is 6.61 Å². The van der Waals surface area contributed by atoms with E-state index in [0.717, 1.165) is 31.2 Å². The van der Waals surface area contributed by atoms with Crippen molar-refractivity contribution in [2.24, 2.45) is 0 Å². The number of aryl methyl sites for hydroxylation is 1. The van der Waals surface area contributed by atoms with Gasteiger partial charge in [0.15, 0.2) is 0 Å². The summed E-state index contributed by atoms with van der Waals surface area (Å²) in [5.41, 5.74) is 1.03. The lowest BCUT2D eigenvalue weighted by Crippen LogP contribution is -2.41. The molecule has 5 nitrogen and oxygen atoms in total. The van der Waals surface area contributed by atoms with Crippen molar-refractivity contribution in [3.63, 3.8) is 0 Å². The number of ether oxygens (including phenoxy) is 1. The summed E-state index contributed by atoms with van der Waals surface area (Å²) in [7, 11) is -3.48. The minimum atomic E-state index is -3.48. The van der Waals surface area contributed by atoms with Crippen LogP contribution in [-0.4, -0.2) is 38.4 Å². The lowest BCUT2D eigenvalue weighted by molar-refractivity contribution is 0.0996. The predicted molar refractivity (Wildman–Crippen MR) is 78.5 cm³/mol. The highest BCUT2D eigenvalue weighted by molar-refractivity contribution is 7.89. The van der Waals surface area contributed by atoms with Gasteiger partial charge in [0.2, 0.25) is 10.0 Å². The third kappa shape index (κ3) is 3.29. The van der Waals surface area contributed by atoms with Crippen molar-refractivity contribution in [3.8, 4) is 0 Å². The molecule has 0 aromatic heterocycles. The first-order valence-corrected chi connectivity index (χ1v) is 8.94. The molecule has 3 rings (SSSR count). The van der Waals surface area contributed by atoms with E-state index in [9.17, 15) is 8.42 Å². The molecule has 2 saturated heterocycles. The molecule has 2 aliphatic heterocycles. The van der Waals surface area contributed by atoms with Crippen LogP contribution in [0.15, 0.2) is 29.2 Å². The molecule has 0 aliphatic carbocycles. The topological polar surface area (TPSA) is 75.6 Å². The molecule has 116 valence electrons. The van der Waals surface area contributed by atoms with Crippen LogP contribution in [0, 0.1) is 0 Å². The second-order valence-corrected chi connectivity index (χ2v) is 7.52. The fraction of sp³-hybridized carbons (Fsp3) is 0.600. The lowest BCUT2D eigenvalue weighted by Gasteiger charge is -2.20. The highest BCUT2D eigenvalue weighted by Crippen LogP contribution is 2.35. The highest BCUT2D eigenvalue weighted by atomic mass is 32.2. The molecule has 2 aliphatic rings. The van der Waals surface area contributed by atoms with Gasteiger partial charge in [-0.15, -0.1) is 0 Å². The van der Waals surface area contributed by atoms with Crippen molar-refractivity contribution < 1.29 is 18.3 Å². The van der Waals surface area contributed by atoms with Crippen molar-refractivity contribution in [2.45, 2.75) is 55.2 Å². The first-order valence-electron chi connectivity index (χ1n) is 7.46. The van der Waals surface area contributed by atoms with Crippen LogP contribution in [0.3, 0.4) is 0 Å². The summed E-state index contributed by atoms with van der Waals surface area (Å²) in [5.74, 6) is 0. The van der Waals surface area contributed by atoms with E-state index in [4.69, 9.17) is 9.84 Å². The zero-order valence-electron chi connectivity index (χ0n) is 11.9. The standard InChI is InChI=1S/C15H21NO4S/c17-9-1-2-11-3-6-13(7-4-11)21(18,19)16-14-10-12-5-8-15(14)20-12/h3-4,6-7,12,14-17H,1-2,5,8-10H2. The van der Waals surface area contributed by atoms with Crippen LogP contribution in [0.1, 0.15) is 31.2 Å². The molecular weight excluding hydrogens is 290 g/mol. The van der Waals surface area contributed by atoms with Crippen molar-refractivity contribution in [1.82, 2.24) is 4.72 Å². The Balaban J connectivity index is 1.67. The van der Waals surface area contributed by atoms with E-state index in [1.54, 1.807) is 12.1 Å². The first kappa shape index (κ1) is 15.0. The van der Waals surface area contributed by atoms with Crippen molar-refractivity contribution >= 4 is 10.0 Å². The van der Waals surface area contributed by atoms with Crippen LogP contribution >= 0.6 is 0 Å². The van der Waals surface area contributed by atoms with E-state index >= 15 is 0 Å². The van der Waals surface area contributed by atoms with Gasteiger partial charge < -0.3 is 9.84 Å². The van der Waals surface area contributed by atoms with E-state index in [1.807, 2.05) is 12.1 Å². The Hall–Kier alpha value is -0.950. The molecule has 3 atom stereocenters. The maximum absolute atomic E-state index is 12.4. The lowest BCUT2D eigenvalue weighted by atomic mass is 9.96. The van der Waals surface area contributed by atoms with E-state index in [2.05, 4.69) is 4.72 Å². The molecular formula is C15H21NO4S. The number of hydrogen-bond donors (Lipinski definition) is 2. The second kappa shape index (κ2) is 6.04. The van der Waals surface area contributed by atoms with Crippen molar-refractivity contribution in [3.05, 3.63) is 29.8 Å². The number of nitrogens with one attached hydrogen (secondary N) is 1. The Kier molecular flexibility index (Phi) is 4.31. The van der Waals surface area contributed by atoms with Gasteiger partial charge in [-0.2, -0.15) is 0 Å². The summed E-state index contributed by atoms with van der Waals surface area (Å²) in [5, 5.41) is 8.80. The Morgan fingerprint density at radius 3 is 2.57 bits per heavy atom. The average Bonchev–Trinajstić information content (AvgIpc) is 3.07. The van der Waals surface area contributed by atoms with Crippen molar-refractivity contribution in [1.29, 1.82) is 0 Å². The second-order valence-electron chi connectivity index (χ2n) is 5.81. The summed E-state index contributed by atoms with van der Waals surface area (Å²) in [6.45, 7) is 0.145. The summed E-state index contributed by atoms with van der Waals surface area (Å²) >= 11 is 0. The summed E-state index contributed by atoms with van der Waals surface area (Å²) in [6, 6.07) is 6.78. The molecule has 2 heterocycles. The molecule has 2 N–H and O–H groups in total. The number of benzene rings is 1. The number of rotatable bonds is 6. The van der Waals surface area contributed by atoms with Gasteiger partial charge in [0.1, 0.15) is 0 Å². The van der Waals surface area contributed by atoms with E-state index < -0.39 is 10.0 Å². The zero-order chi connectivity index (χ0) is 14.9. The maximum atomic E-state index is 12.4. The monoisotopic (exact) mass is 311 g/mol. The fourth-order valence-corrected chi connectivity index (χ4v) is 4.42. The Morgan fingerprint density at radius 1 is 1.24 bits per heavy atom. The quantitative estimate of drug-likeness (QED) is 0.828. The molecule has 6 heteroatoms. The molecule has 0 saturated carbocycles. The van der Waals surface area contributed by atoms with Gasteiger partial charge in [-0.1, -0.05) is 12.1 Å². The van der Waals surface area contributed by atoms with Gasteiger partial charge in [0.25, 0.3) is 0 Å². The Labute approximate surface area is 125 Å². The van der Waals surface area contributed by atoms with Crippen molar-refractivity contribution in [2.75, 3.05) is 6.61 Å². The molecule has 0 spiro atoms. The molecule has 2 bridgehead atoms. The Bertz CT molecular complexity index is 584. The number of aliphatic hydroxyl groups is 1. The molecule has 0 radical (unpaired) electrons. The van der Waals surface area contributed by atoms with Crippen LogP contribution in [0.5, 0.6) is 0 Å². The number of aliphatic hydroxyl groups excluding tert-OH is 1. The molecule has 2 fully saturated rings. The van der Waals surface area contributed by atoms with Gasteiger partial charge in [-0.3, -0.25) is 0 Å². The number of hydrogen-bond acceptors (Lipinski definition) is 4. The van der Waals surface area contributed by atoms with E-state index in [1.165, 1.54) is 0 Å². The fourth-order valence-electron chi connectivity index (χ4n) is 3.15. The summed E-state index contributed by atoms with van der Waals surface area (Å²) in [6.07, 6.45) is 4.47. The van der Waals surface area contributed by atoms with Gasteiger partial charge in [-0.05, 0) is 49.8 Å². The maximum Gasteiger partial charge on any atom is 0.240 e. The average molecular weight is 311 g/mol. The minimum Gasteiger partial charge on any atom is -0.396 e. The Morgan fingerprint density at radius 2 is 2.00 bits per heavy atom. The van der Waals surface area contributed by atoms with Gasteiger partial charge in [-0.25, -0.2) is 13.1 Å². The molecule has 3 unspecified atom stereocenters. The van der Waals surface area contributed by atoms with Crippen LogP contribution in [0.25, 0.3) is 0 Å². The summed E-state index contributed by atoms with van der Waals surface area (Å²) in [4.78, 5) is 0.290. The number of fused-ring (bicyclic) bond motifs is 2. The molecule has 0 amide bonds. The van der Waals surface area contributed by atoms with Gasteiger partial charge in [0.05, 0.1) is 23.1 Å². The molecule has 1 aromatic carbocycles. The van der Waals surface area contributed by atoms with Crippen LogP contribution in [-0.2, 0) is 21.2 Å². The predicted octanol–water partition coefficient (Wildman–Crippen LogP) is 1.21. The van der Waals surface area contributed by atoms with Crippen LogP contribution in [0.4, 0.5) is 0 Å². The van der Waals surface area contributed by atoms with Gasteiger partial charge >= 0.3 is 0 Å². The third-order valence-corrected chi connectivity index (χ3v) is 5.78. The molecule has 21 heavy (non-hydrogen) atoms. The van der Waals surface area contributed by atoms with Crippen LogP contribution < -0.4 is 4.72 Å². The minimum absolute atomic E-state index is 0.0357. The first-order chi connectivity index (χ1) is 10.1. The number of sulfonamides is 1. The summed E-state index contributed by atoms with van der Waals surface area (Å²) < 4.78 is 33.2. The largest absolute Gasteiger partial charge is 0.396 e.